The molecule has 1 aliphatic carbocycles. The molecule has 0 aliphatic heterocycles. The van der Waals surface area contributed by atoms with Gasteiger partial charge in [0.2, 0.25) is 0 Å². The van der Waals surface area contributed by atoms with E-state index in [1.807, 2.05) is 24.3 Å². The second-order valence-electron chi connectivity index (χ2n) is 7.28. The van der Waals surface area contributed by atoms with Crippen molar-refractivity contribution in [3.05, 3.63) is 35.4 Å². The number of hydrogen-bond acceptors (Lipinski definition) is 3. The van der Waals surface area contributed by atoms with Crippen LogP contribution in [0.15, 0.2) is 29.3 Å². The van der Waals surface area contributed by atoms with E-state index in [1.165, 1.54) is 12.8 Å². The Bertz CT molecular complexity index is 629. The molecule has 0 bridgehead atoms. The van der Waals surface area contributed by atoms with Crippen LogP contribution in [-0.2, 0) is 6.42 Å². The molecular formula is C21H36IN5O. The summed E-state index contributed by atoms with van der Waals surface area (Å²) < 4.78 is 0. The van der Waals surface area contributed by atoms with Crippen molar-refractivity contribution < 1.29 is 4.79 Å². The minimum absolute atomic E-state index is 0. The lowest BCUT2D eigenvalue weighted by Gasteiger charge is -2.25. The lowest BCUT2D eigenvalue weighted by Crippen LogP contribution is -2.40. The van der Waals surface area contributed by atoms with E-state index in [-0.39, 0.29) is 29.9 Å². The van der Waals surface area contributed by atoms with E-state index in [0.29, 0.717) is 11.6 Å². The normalized spacial score (nSPS) is 14.0. The summed E-state index contributed by atoms with van der Waals surface area (Å²) in [6.07, 6.45) is 3.50. The molecule has 0 spiro atoms. The summed E-state index contributed by atoms with van der Waals surface area (Å²) in [6, 6.07) is 9.10. The van der Waals surface area contributed by atoms with Crippen LogP contribution in [0, 0.1) is 0 Å². The molecule has 0 unspecified atom stereocenters. The van der Waals surface area contributed by atoms with Gasteiger partial charge in [-0.05, 0) is 57.7 Å². The Kier molecular flexibility index (Phi) is 11.4. The predicted molar refractivity (Wildman–Crippen MR) is 128 cm³/mol. The van der Waals surface area contributed by atoms with Crippen LogP contribution >= 0.6 is 24.0 Å². The van der Waals surface area contributed by atoms with Crippen LogP contribution in [0.3, 0.4) is 0 Å². The molecule has 1 saturated carbocycles. The molecule has 0 radical (unpaired) electrons. The number of aliphatic imine (C=N–C) groups is 1. The van der Waals surface area contributed by atoms with E-state index >= 15 is 0 Å². The summed E-state index contributed by atoms with van der Waals surface area (Å²) in [6.45, 7) is 10.0. The van der Waals surface area contributed by atoms with Gasteiger partial charge in [0.1, 0.15) is 0 Å². The van der Waals surface area contributed by atoms with E-state index in [0.717, 1.165) is 50.2 Å². The highest BCUT2D eigenvalue weighted by atomic mass is 127. The summed E-state index contributed by atoms with van der Waals surface area (Å²) in [4.78, 5) is 19.0. The fourth-order valence-corrected chi connectivity index (χ4v) is 3.23. The maximum absolute atomic E-state index is 11.7. The Balaban J connectivity index is 0.00000392. The van der Waals surface area contributed by atoms with Gasteiger partial charge in [-0.15, -0.1) is 24.0 Å². The Hall–Kier alpha value is -1.35. The molecule has 0 saturated heterocycles. The van der Waals surface area contributed by atoms with E-state index in [4.69, 9.17) is 4.99 Å². The Labute approximate surface area is 187 Å². The van der Waals surface area contributed by atoms with Crippen LogP contribution in [-0.4, -0.2) is 62.1 Å². The van der Waals surface area contributed by atoms with Gasteiger partial charge in [-0.2, -0.15) is 0 Å². The summed E-state index contributed by atoms with van der Waals surface area (Å²) in [5, 5.41) is 9.38. The van der Waals surface area contributed by atoms with Gasteiger partial charge in [-0.25, -0.2) is 0 Å². The number of hydrogen-bond donors (Lipinski definition) is 3. The third-order valence-corrected chi connectivity index (χ3v) is 4.77. The number of nitrogens with one attached hydrogen (secondary N) is 3. The summed E-state index contributed by atoms with van der Waals surface area (Å²) in [5.41, 5.74) is 1.84. The third-order valence-electron chi connectivity index (χ3n) is 4.77. The molecule has 3 N–H and O–H groups in total. The highest BCUT2D eigenvalue weighted by Crippen LogP contribution is 2.28. The molecule has 0 aromatic heterocycles. The van der Waals surface area contributed by atoms with E-state index in [1.54, 1.807) is 7.05 Å². The van der Waals surface area contributed by atoms with Crippen LogP contribution in [0.25, 0.3) is 0 Å². The Morgan fingerprint density at radius 1 is 1.29 bits per heavy atom. The molecule has 158 valence electrons. The standard InChI is InChI=1S/C21H35N5O.HI/c1-5-23-21(25-13-14-26(16(2)3)19-9-10-19)24-12-11-17-7-6-8-18(15-17)20(27)22-4;/h6-8,15-16,19H,5,9-14H2,1-4H3,(H,22,27)(H2,23,24,25);1H. The Morgan fingerprint density at radius 3 is 2.64 bits per heavy atom. The van der Waals surface area contributed by atoms with Crippen molar-refractivity contribution in [2.24, 2.45) is 4.99 Å². The minimum atomic E-state index is -0.0509. The lowest BCUT2D eigenvalue weighted by molar-refractivity contribution is 0.0963. The molecule has 2 rings (SSSR count). The quantitative estimate of drug-likeness (QED) is 0.262. The van der Waals surface area contributed by atoms with Crippen LogP contribution in [0.5, 0.6) is 0 Å². The average molecular weight is 501 g/mol. The Morgan fingerprint density at radius 2 is 2.04 bits per heavy atom. The molecule has 1 aromatic carbocycles. The van der Waals surface area contributed by atoms with Crippen molar-refractivity contribution in [3.8, 4) is 0 Å². The molecule has 0 heterocycles. The monoisotopic (exact) mass is 501 g/mol. The second-order valence-corrected chi connectivity index (χ2v) is 7.28. The molecule has 1 aliphatic rings. The molecule has 1 aromatic rings. The first-order chi connectivity index (χ1) is 13.0. The fraction of sp³-hybridized carbons (Fsp3) is 0.619. The first-order valence-electron chi connectivity index (χ1n) is 10.1. The van der Waals surface area contributed by atoms with Crippen molar-refractivity contribution in [1.29, 1.82) is 0 Å². The average Bonchev–Trinajstić information content (AvgIpc) is 3.49. The van der Waals surface area contributed by atoms with Gasteiger partial charge in [0.25, 0.3) is 5.91 Å². The highest BCUT2D eigenvalue weighted by molar-refractivity contribution is 14.0. The zero-order valence-electron chi connectivity index (χ0n) is 17.6. The van der Waals surface area contributed by atoms with E-state index < -0.39 is 0 Å². The van der Waals surface area contributed by atoms with Crippen molar-refractivity contribution in [2.45, 2.75) is 52.1 Å². The number of carbonyl (C=O) groups excluding carboxylic acids is 1. The summed E-state index contributed by atoms with van der Waals surface area (Å²) in [5.74, 6) is 0.810. The lowest BCUT2D eigenvalue weighted by atomic mass is 10.1. The minimum Gasteiger partial charge on any atom is -0.357 e. The van der Waals surface area contributed by atoms with Gasteiger partial charge in [-0.1, -0.05) is 12.1 Å². The highest BCUT2D eigenvalue weighted by Gasteiger charge is 2.29. The fourth-order valence-electron chi connectivity index (χ4n) is 3.23. The first-order valence-corrected chi connectivity index (χ1v) is 10.1. The van der Waals surface area contributed by atoms with Crippen molar-refractivity contribution >= 4 is 35.8 Å². The van der Waals surface area contributed by atoms with Crippen molar-refractivity contribution in [2.75, 3.05) is 33.2 Å². The van der Waals surface area contributed by atoms with E-state index in [2.05, 4.69) is 41.6 Å². The topological polar surface area (TPSA) is 68.8 Å². The van der Waals surface area contributed by atoms with Crippen molar-refractivity contribution in [3.63, 3.8) is 0 Å². The molecule has 0 atom stereocenters. The molecule has 6 nitrogen and oxygen atoms in total. The second kappa shape index (κ2) is 13.0. The van der Waals surface area contributed by atoms with E-state index in [9.17, 15) is 4.79 Å². The smallest absolute Gasteiger partial charge is 0.251 e. The van der Waals surface area contributed by atoms with Crippen molar-refractivity contribution in [1.82, 2.24) is 20.9 Å². The summed E-state index contributed by atoms with van der Waals surface area (Å²) in [7, 11) is 1.65. The summed E-state index contributed by atoms with van der Waals surface area (Å²) >= 11 is 0. The van der Waals surface area contributed by atoms with Crippen LogP contribution in [0.1, 0.15) is 49.5 Å². The number of amides is 1. The number of carbonyl (C=O) groups is 1. The van der Waals surface area contributed by atoms with Gasteiger partial charge in [-0.3, -0.25) is 14.7 Å². The zero-order chi connectivity index (χ0) is 19.6. The zero-order valence-corrected chi connectivity index (χ0v) is 20.0. The van der Waals surface area contributed by atoms with Crippen LogP contribution < -0.4 is 16.0 Å². The maximum Gasteiger partial charge on any atom is 0.251 e. The molecule has 7 heteroatoms. The molecule has 28 heavy (non-hydrogen) atoms. The van der Waals surface area contributed by atoms with Gasteiger partial charge in [0, 0.05) is 44.3 Å². The largest absolute Gasteiger partial charge is 0.357 e. The van der Waals surface area contributed by atoms with Gasteiger partial charge in [0.05, 0.1) is 6.54 Å². The molecular weight excluding hydrogens is 465 g/mol. The van der Waals surface area contributed by atoms with Gasteiger partial charge >= 0.3 is 0 Å². The number of halogens is 1. The molecule has 1 fully saturated rings. The van der Waals surface area contributed by atoms with Gasteiger partial charge < -0.3 is 16.0 Å². The van der Waals surface area contributed by atoms with Crippen LogP contribution in [0.4, 0.5) is 0 Å². The maximum atomic E-state index is 11.7. The van der Waals surface area contributed by atoms with Gasteiger partial charge in [0.15, 0.2) is 5.96 Å². The number of guanidine groups is 1. The van der Waals surface area contributed by atoms with Crippen LogP contribution in [0.2, 0.25) is 0 Å². The number of rotatable bonds is 10. The number of benzene rings is 1. The third kappa shape index (κ3) is 8.34. The molecule has 1 amide bonds. The SMILES string of the molecule is CCNC(=NCCN(C(C)C)C1CC1)NCCc1cccc(C(=O)NC)c1.I. The predicted octanol–water partition coefficient (Wildman–Crippen LogP) is 2.63. The first kappa shape index (κ1) is 24.7. The number of nitrogens with zero attached hydrogens (tertiary/aromatic N) is 2.